The molecule has 0 aliphatic carbocycles. The van der Waals surface area contributed by atoms with E-state index in [1.54, 1.807) is 0 Å². The van der Waals surface area contributed by atoms with E-state index in [0.29, 0.717) is 13.1 Å². The Labute approximate surface area is 119 Å². The maximum atomic E-state index is 12.9. The second-order valence-corrected chi connectivity index (χ2v) is 5.01. The highest BCUT2D eigenvalue weighted by Crippen LogP contribution is 2.15. The molecule has 0 bridgehead atoms. The number of rotatable bonds is 3. The van der Waals surface area contributed by atoms with Crippen molar-refractivity contribution < 1.29 is 9.18 Å². The molecular formula is C14H12FN3OS. The van der Waals surface area contributed by atoms with E-state index in [0.717, 1.165) is 22.0 Å². The highest BCUT2D eigenvalue weighted by atomic mass is 32.1. The number of amides is 1. The Hall–Kier alpha value is -2.23. The number of carbonyl (C=O) groups excluding carboxylic acids is 1. The van der Waals surface area contributed by atoms with Crippen molar-refractivity contribution in [2.24, 2.45) is 5.73 Å². The first kappa shape index (κ1) is 14.2. The van der Waals surface area contributed by atoms with E-state index in [4.69, 9.17) is 5.73 Å². The molecule has 2 heterocycles. The first-order valence-electron chi connectivity index (χ1n) is 5.85. The van der Waals surface area contributed by atoms with Crippen LogP contribution in [-0.2, 0) is 6.54 Å². The lowest BCUT2D eigenvalue weighted by Gasteiger charge is -2.02. The molecule has 0 aliphatic rings. The maximum absolute atomic E-state index is 12.9. The number of nitrogens with one attached hydrogen (secondary N) is 1. The molecule has 0 radical (unpaired) electrons. The fourth-order valence-corrected chi connectivity index (χ4v) is 2.31. The number of thiophene rings is 1. The standard InChI is InChI=1S/C14H12FN3OS/c15-11-6-10(7-17-8-11)14(19)18-9-13-4-3-12(20-13)2-1-5-16/h3-4,6-8H,5,9,16H2,(H,18,19). The van der Waals surface area contributed by atoms with Gasteiger partial charge in [-0.05, 0) is 18.2 Å². The predicted molar refractivity (Wildman–Crippen MR) is 75.6 cm³/mol. The third-order valence-corrected chi connectivity index (χ3v) is 3.37. The summed E-state index contributed by atoms with van der Waals surface area (Å²) in [6.07, 6.45) is 2.38. The Morgan fingerprint density at radius 3 is 3.05 bits per heavy atom. The number of pyridine rings is 1. The zero-order valence-electron chi connectivity index (χ0n) is 10.5. The Bertz CT molecular complexity index is 672. The van der Waals surface area contributed by atoms with Gasteiger partial charge in [-0.1, -0.05) is 11.8 Å². The number of carbonyl (C=O) groups is 1. The zero-order valence-corrected chi connectivity index (χ0v) is 11.3. The molecule has 2 aromatic heterocycles. The highest BCUT2D eigenvalue weighted by molar-refractivity contribution is 7.12. The van der Waals surface area contributed by atoms with Gasteiger partial charge in [-0.25, -0.2) is 4.39 Å². The Kier molecular flexibility index (Phi) is 4.82. The summed E-state index contributed by atoms with van der Waals surface area (Å²) in [5.74, 6) is 4.79. The maximum Gasteiger partial charge on any atom is 0.253 e. The van der Waals surface area contributed by atoms with Crippen LogP contribution < -0.4 is 11.1 Å². The van der Waals surface area contributed by atoms with E-state index in [1.165, 1.54) is 17.5 Å². The first-order valence-corrected chi connectivity index (χ1v) is 6.67. The monoisotopic (exact) mass is 289 g/mol. The SMILES string of the molecule is NCC#Cc1ccc(CNC(=O)c2cncc(F)c2)s1. The van der Waals surface area contributed by atoms with Gasteiger partial charge in [-0.15, -0.1) is 11.3 Å². The summed E-state index contributed by atoms with van der Waals surface area (Å²) < 4.78 is 12.9. The fourth-order valence-electron chi connectivity index (χ4n) is 1.48. The molecule has 20 heavy (non-hydrogen) atoms. The summed E-state index contributed by atoms with van der Waals surface area (Å²) in [6.45, 7) is 0.681. The highest BCUT2D eigenvalue weighted by Gasteiger charge is 2.07. The molecule has 2 rings (SSSR count). The van der Waals surface area contributed by atoms with Crippen LogP contribution in [0.4, 0.5) is 4.39 Å². The molecule has 0 saturated carbocycles. The number of nitrogens with two attached hydrogens (primary N) is 1. The average molecular weight is 289 g/mol. The number of halogens is 1. The minimum atomic E-state index is -0.534. The minimum Gasteiger partial charge on any atom is -0.347 e. The van der Waals surface area contributed by atoms with Crippen molar-refractivity contribution in [1.82, 2.24) is 10.3 Å². The van der Waals surface area contributed by atoms with Gasteiger partial charge in [0.25, 0.3) is 5.91 Å². The Balaban J connectivity index is 1.95. The van der Waals surface area contributed by atoms with Gasteiger partial charge in [-0.3, -0.25) is 9.78 Å². The molecule has 0 unspecified atom stereocenters. The van der Waals surface area contributed by atoms with Crippen molar-refractivity contribution in [2.75, 3.05) is 6.54 Å². The van der Waals surface area contributed by atoms with Crippen LogP contribution in [-0.4, -0.2) is 17.4 Å². The van der Waals surface area contributed by atoms with Crippen molar-refractivity contribution in [3.8, 4) is 11.8 Å². The van der Waals surface area contributed by atoms with Crippen LogP contribution in [0.5, 0.6) is 0 Å². The number of hydrogen-bond acceptors (Lipinski definition) is 4. The largest absolute Gasteiger partial charge is 0.347 e. The molecule has 0 aliphatic heterocycles. The van der Waals surface area contributed by atoms with E-state index >= 15 is 0 Å². The molecular weight excluding hydrogens is 277 g/mol. The zero-order chi connectivity index (χ0) is 14.4. The van der Waals surface area contributed by atoms with Crippen LogP contribution in [0, 0.1) is 17.7 Å². The minimum absolute atomic E-state index is 0.199. The molecule has 102 valence electrons. The van der Waals surface area contributed by atoms with Gasteiger partial charge in [0.1, 0.15) is 5.82 Å². The second kappa shape index (κ2) is 6.80. The van der Waals surface area contributed by atoms with Crippen molar-refractivity contribution in [1.29, 1.82) is 0 Å². The lowest BCUT2D eigenvalue weighted by Crippen LogP contribution is -2.22. The van der Waals surface area contributed by atoms with Crippen LogP contribution in [0.15, 0.2) is 30.6 Å². The van der Waals surface area contributed by atoms with Gasteiger partial charge in [0.2, 0.25) is 0 Å². The summed E-state index contributed by atoms with van der Waals surface area (Å²) in [6, 6.07) is 4.91. The van der Waals surface area contributed by atoms with E-state index in [9.17, 15) is 9.18 Å². The molecule has 0 spiro atoms. The normalized spacial score (nSPS) is 9.70. The molecule has 3 N–H and O–H groups in total. The van der Waals surface area contributed by atoms with Crippen LogP contribution in [0.25, 0.3) is 0 Å². The fraction of sp³-hybridized carbons (Fsp3) is 0.143. The molecule has 0 fully saturated rings. The van der Waals surface area contributed by atoms with Gasteiger partial charge in [0.15, 0.2) is 0 Å². The van der Waals surface area contributed by atoms with E-state index in [1.807, 2.05) is 12.1 Å². The summed E-state index contributed by atoms with van der Waals surface area (Å²) in [4.78, 5) is 17.3. The van der Waals surface area contributed by atoms with Gasteiger partial charge in [-0.2, -0.15) is 0 Å². The summed E-state index contributed by atoms with van der Waals surface area (Å²) in [5.41, 5.74) is 5.49. The molecule has 6 heteroatoms. The van der Waals surface area contributed by atoms with Gasteiger partial charge >= 0.3 is 0 Å². The molecule has 2 aromatic rings. The molecule has 0 atom stereocenters. The first-order chi connectivity index (χ1) is 9.69. The lowest BCUT2D eigenvalue weighted by molar-refractivity contribution is 0.0950. The van der Waals surface area contributed by atoms with Gasteiger partial charge in [0, 0.05) is 11.1 Å². The number of nitrogens with zero attached hydrogens (tertiary/aromatic N) is 1. The Morgan fingerprint density at radius 2 is 2.30 bits per heavy atom. The predicted octanol–water partition coefficient (Wildman–Crippen LogP) is 1.52. The summed E-state index contributed by atoms with van der Waals surface area (Å²) in [7, 11) is 0. The van der Waals surface area contributed by atoms with Crippen molar-refractivity contribution in [3.05, 3.63) is 51.7 Å². The number of hydrogen-bond donors (Lipinski definition) is 2. The van der Waals surface area contributed by atoms with E-state index < -0.39 is 5.82 Å². The molecule has 4 nitrogen and oxygen atoms in total. The van der Waals surface area contributed by atoms with E-state index in [2.05, 4.69) is 22.1 Å². The third-order valence-electron chi connectivity index (χ3n) is 2.37. The van der Waals surface area contributed by atoms with Crippen molar-refractivity contribution in [2.45, 2.75) is 6.54 Å². The average Bonchev–Trinajstić information content (AvgIpc) is 2.90. The smallest absolute Gasteiger partial charge is 0.253 e. The topological polar surface area (TPSA) is 68.0 Å². The molecule has 0 saturated heterocycles. The van der Waals surface area contributed by atoms with Crippen molar-refractivity contribution in [3.63, 3.8) is 0 Å². The Morgan fingerprint density at radius 1 is 1.45 bits per heavy atom. The second-order valence-electron chi connectivity index (χ2n) is 3.85. The molecule has 1 amide bonds. The summed E-state index contributed by atoms with van der Waals surface area (Å²) in [5, 5.41) is 2.70. The number of aromatic nitrogens is 1. The lowest BCUT2D eigenvalue weighted by atomic mass is 10.2. The van der Waals surface area contributed by atoms with Crippen LogP contribution in [0.2, 0.25) is 0 Å². The molecule has 0 aromatic carbocycles. The van der Waals surface area contributed by atoms with Crippen LogP contribution in [0.3, 0.4) is 0 Å². The summed E-state index contributed by atoms with van der Waals surface area (Å²) >= 11 is 1.48. The van der Waals surface area contributed by atoms with Gasteiger partial charge in [0.05, 0.1) is 29.7 Å². The van der Waals surface area contributed by atoms with Crippen LogP contribution in [0.1, 0.15) is 20.1 Å². The van der Waals surface area contributed by atoms with Crippen LogP contribution >= 0.6 is 11.3 Å². The quantitative estimate of drug-likeness (QED) is 0.842. The third kappa shape index (κ3) is 3.88. The van der Waals surface area contributed by atoms with E-state index in [-0.39, 0.29) is 11.5 Å². The van der Waals surface area contributed by atoms with Crippen molar-refractivity contribution >= 4 is 17.2 Å². The van der Waals surface area contributed by atoms with Gasteiger partial charge < -0.3 is 11.1 Å².